The third-order valence-corrected chi connectivity index (χ3v) is 6.12. The summed E-state index contributed by atoms with van der Waals surface area (Å²) in [5, 5.41) is 3.31. The molecule has 0 aliphatic carbocycles. The van der Waals surface area contributed by atoms with Crippen molar-refractivity contribution in [1.82, 2.24) is 14.9 Å². The molecule has 0 spiro atoms. The molecule has 1 aromatic rings. The van der Waals surface area contributed by atoms with Gasteiger partial charge in [-0.1, -0.05) is 0 Å². The van der Waals surface area contributed by atoms with E-state index in [1.54, 1.807) is 6.07 Å². The van der Waals surface area contributed by atoms with Crippen molar-refractivity contribution in [3.8, 4) is 0 Å². The molecule has 1 fully saturated rings. The van der Waals surface area contributed by atoms with Gasteiger partial charge in [0.05, 0.1) is 4.90 Å². The minimum absolute atomic E-state index is 0.433. The second-order valence-corrected chi connectivity index (χ2v) is 8.32. The number of hydrogen-bond acceptors (Lipinski definition) is 5. The topological polar surface area (TPSA) is 61.4 Å². The van der Waals surface area contributed by atoms with E-state index >= 15 is 0 Å². The van der Waals surface area contributed by atoms with Crippen LogP contribution in [0.25, 0.3) is 0 Å². The highest BCUT2D eigenvalue weighted by Gasteiger charge is 2.18. The molecular weight excluding hydrogens is 294 g/mol. The molecule has 2 heterocycles. The summed E-state index contributed by atoms with van der Waals surface area (Å²) in [4.78, 5) is 4.69. The fourth-order valence-electron chi connectivity index (χ4n) is 2.40. The first kappa shape index (κ1) is 15.9. The molecule has 1 aliphatic heterocycles. The van der Waals surface area contributed by atoms with Gasteiger partial charge >= 0.3 is 0 Å². The summed E-state index contributed by atoms with van der Waals surface area (Å²) in [7, 11) is -3.34. The number of rotatable bonds is 6. The van der Waals surface area contributed by atoms with Gasteiger partial charge in [-0.25, -0.2) is 13.1 Å². The Labute approximate surface area is 125 Å². The van der Waals surface area contributed by atoms with Gasteiger partial charge in [-0.3, -0.25) is 0 Å². The van der Waals surface area contributed by atoms with Crippen LogP contribution in [0.5, 0.6) is 0 Å². The van der Waals surface area contributed by atoms with Crippen molar-refractivity contribution in [3.05, 3.63) is 15.8 Å². The molecule has 0 saturated carbocycles. The maximum atomic E-state index is 12.2. The summed E-state index contributed by atoms with van der Waals surface area (Å²) < 4.78 is 27.1. The van der Waals surface area contributed by atoms with E-state index in [1.165, 1.54) is 11.3 Å². The third kappa shape index (κ3) is 4.26. The van der Waals surface area contributed by atoms with Crippen LogP contribution in [0.3, 0.4) is 0 Å². The Morgan fingerprint density at radius 2 is 2.05 bits per heavy atom. The summed E-state index contributed by atoms with van der Waals surface area (Å²) in [5.74, 6) is 0. The minimum Gasteiger partial charge on any atom is -0.314 e. The van der Waals surface area contributed by atoms with Gasteiger partial charge in [-0.05, 0) is 32.9 Å². The van der Waals surface area contributed by atoms with E-state index in [0.717, 1.165) is 48.9 Å². The van der Waals surface area contributed by atoms with E-state index in [4.69, 9.17) is 0 Å². The van der Waals surface area contributed by atoms with E-state index in [0.29, 0.717) is 11.4 Å². The summed E-state index contributed by atoms with van der Waals surface area (Å²) in [5.41, 5.74) is 0. The second-order valence-electron chi connectivity index (χ2n) is 5.12. The normalized spacial score (nSPS) is 17.5. The molecule has 0 atom stereocenters. The average molecular weight is 317 g/mol. The summed E-state index contributed by atoms with van der Waals surface area (Å²) in [6.07, 6.45) is 0.849. The lowest BCUT2D eigenvalue weighted by atomic mass is 10.3. The van der Waals surface area contributed by atoms with Crippen molar-refractivity contribution in [3.63, 3.8) is 0 Å². The van der Waals surface area contributed by atoms with E-state index < -0.39 is 10.0 Å². The predicted octanol–water partition coefficient (Wildman–Crippen LogP) is 0.939. The number of thiophene rings is 1. The van der Waals surface area contributed by atoms with Crippen LogP contribution in [-0.2, 0) is 10.0 Å². The highest BCUT2D eigenvalue weighted by Crippen LogP contribution is 2.24. The monoisotopic (exact) mass is 317 g/mol. The lowest BCUT2D eigenvalue weighted by Crippen LogP contribution is -2.44. The zero-order valence-corrected chi connectivity index (χ0v) is 13.7. The molecule has 0 radical (unpaired) electrons. The molecule has 7 heteroatoms. The van der Waals surface area contributed by atoms with Crippen molar-refractivity contribution >= 4 is 21.4 Å². The molecule has 114 valence electrons. The van der Waals surface area contributed by atoms with E-state index in [-0.39, 0.29) is 0 Å². The molecule has 0 bridgehead atoms. The zero-order valence-electron chi connectivity index (χ0n) is 12.1. The van der Waals surface area contributed by atoms with Gasteiger partial charge in [0.1, 0.15) is 0 Å². The summed E-state index contributed by atoms with van der Waals surface area (Å²) >= 11 is 1.52. The fourth-order valence-corrected chi connectivity index (χ4v) is 5.02. The molecule has 1 aromatic heterocycles. The Bertz CT molecular complexity index is 534. The van der Waals surface area contributed by atoms with Gasteiger partial charge in [0.25, 0.3) is 0 Å². The first-order valence-electron chi connectivity index (χ1n) is 6.99. The molecule has 5 nitrogen and oxygen atoms in total. The Balaban J connectivity index is 1.79. The lowest BCUT2D eigenvalue weighted by Gasteiger charge is -2.27. The molecule has 20 heavy (non-hydrogen) atoms. The highest BCUT2D eigenvalue weighted by atomic mass is 32.2. The average Bonchev–Trinajstić information content (AvgIpc) is 2.76. The van der Waals surface area contributed by atoms with Crippen LogP contribution in [0.4, 0.5) is 0 Å². The molecule has 2 N–H and O–H groups in total. The van der Waals surface area contributed by atoms with Crippen molar-refractivity contribution in [2.45, 2.75) is 25.2 Å². The van der Waals surface area contributed by atoms with Crippen LogP contribution in [0.1, 0.15) is 16.2 Å². The quantitative estimate of drug-likeness (QED) is 0.767. The number of nitrogens with one attached hydrogen (secondary N) is 2. The number of piperazine rings is 1. The predicted molar refractivity (Wildman–Crippen MR) is 82.9 cm³/mol. The lowest BCUT2D eigenvalue weighted by molar-refractivity contribution is 0.239. The molecule has 0 unspecified atom stereocenters. The maximum Gasteiger partial charge on any atom is 0.241 e. The van der Waals surface area contributed by atoms with Gasteiger partial charge in [0.2, 0.25) is 10.0 Å². The van der Waals surface area contributed by atoms with Crippen molar-refractivity contribution in [2.75, 3.05) is 39.3 Å². The van der Waals surface area contributed by atoms with Crippen LogP contribution in [0.15, 0.2) is 11.0 Å². The summed E-state index contributed by atoms with van der Waals surface area (Å²) in [6, 6.07) is 1.75. The van der Waals surface area contributed by atoms with Gasteiger partial charge in [-0.15, -0.1) is 11.3 Å². The van der Waals surface area contributed by atoms with Gasteiger partial charge in [0.15, 0.2) is 0 Å². The Morgan fingerprint density at radius 3 is 2.65 bits per heavy atom. The molecule has 2 rings (SSSR count). The number of sulfonamides is 1. The molecule has 1 aliphatic rings. The van der Waals surface area contributed by atoms with Gasteiger partial charge in [0, 0.05) is 42.5 Å². The minimum atomic E-state index is -3.34. The smallest absolute Gasteiger partial charge is 0.241 e. The molecular formula is C13H23N3O2S2. The van der Waals surface area contributed by atoms with Crippen LogP contribution < -0.4 is 10.0 Å². The third-order valence-electron chi connectivity index (χ3n) is 3.44. The Kier molecular flexibility index (Phi) is 5.57. The maximum absolute atomic E-state index is 12.2. The fraction of sp³-hybridized carbons (Fsp3) is 0.692. The Morgan fingerprint density at radius 1 is 1.35 bits per heavy atom. The number of hydrogen-bond donors (Lipinski definition) is 2. The second kappa shape index (κ2) is 7.00. The zero-order chi connectivity index (χ0) is 14.6. The van der Waals surface area contributed by atoms with Gasteiger partial charge < -0.3 is 10.2 Å². The Hall–Kier alpha value is -0.470. The number of aryl methyl sites for hydroxylation is 2. The summed E-state index contributed by atoms with van der Waals surface area (Å²) in [6.45, 7) is 9.39. The molecule has 0 amide bonds. The first-order valence-corrected chi connectivity index (χ1v) is 9.29. The van der Waals surface area contributed by atoms with Crippen LogP contribution in [0.2, 0.25) is 0 Å². The first-order chi connectivity index (χ1) is 9.49. The van der Waals surface area contributed by atoms with Crippen LogP contribution in [-0.4, -0.2) is 52.6 Å². The van der Waals surface area contributed by atoms with Crippen LogP contribution >= 0.6 is 11.3 Å². The van der Waals surface area contributed by atoms with E-state index in [1.807, 2.05) is 13.8 Å². The van der Waals surface area contributed by atoms with Gasteiger partial charge in [-0.2, -0.15) is 0 Å². The van der Waals surface area contributed by atoms with Crippen LogP contribution in [0, 0.1) is 13.8 Å². The molecule has 1 saturated heterocycles. The van der Waals surface area contributed by atoms with Crippen molar-refractivity contribution in [1.29, 1.82) is 0 Å². The standard InChI is InChI=1S/C13H23N3O2S2/c1-11-10-13(12(2)19-11)20(17,18)15-4-3-7-16-8-5-14-6-9-16/h10,14-15H,3-9H2,1-2H3. The van der Waals surface area contributed by atoms with E-state index in [2.05, 4.69) is 14.9 Å². The van der Waals surface area contributed by atoms with Crippen molar-refractivity contribution in [2.24, 2.45) is 0 Å². The number of nitrogens with zero attached hydrogens (tertiary/aromatic N) is 1. The SMILES string of the molecule is Cc1cc(S(=O)(=O)NCCCN2CCNCC2)c(C)s1. The van der Waals surface area contributed by atoms with E-state index in [9.17, 15) is 8.42 Å². The highest BCUT2D eigenvalue weighted by molar-refractivity contribution is 7.89. The largest absolute Gasteiger partial charge is 0.314 e. The molecule has 0 aromatic carbocycles. The van der Waals surface area contributed by atoms with Crippen molar-refractivity contribution < 1.29 is 8.42 Å².